The second-order valence-corrected chi connectivity index (χ2v) is 5.08. The number of nitrogens with zero attached hydrogens (tertiary/aromatic N) is 2. The molecule has 0 aromatic carbocycles. The molecule has 1 amide bonds. The monoisotopic (exact) mass is 262 g/mol. The summed E-state index contributed by atoms with van der Waals surface area (Å²) >= 11 is 0. The van der Waals surface area contributed by atoms with E-state index in [9.17, 15) is 9.59 Å². The Labute approximate surface area is 112 Å². The number of carboxylic acid groups (broad SMARTS) is 1. The number of carboxylic acids is 1. The summed E-state index contributed by atoms with van der Waals surface area (Å²) in [5.41, 5.74) is 1.57. The molecule has 0 radical (unpaired) electrons. The van der Waals surface area contributed by atoms with Gasteiger partial charge in [-0.05, 0) is 37.3 Å². The fraction of sp³-hybridized carbons (Fsp3) is 0.500. The SMILES string of the molecule is Cc1cncc(C(=O)N2CCC(CC(=O)O)CC2)c1. The Kier molecular flexibility index (Phi) is 4.14. The van der Waals surface area contributed by atoms with E-state index in [-0.39, 0.29) is 18.2 Å². The van der Waals surface area contributed by atoms with Crippen LogP contribution in [0.3, 0.4) is 0 Å². The van der Waals surface area contributed by atoms with Gasteiger partial charge in [0.15, 0.2) is 0 Å². The Morgan fingerprint density at radius 3 is 2.63 bits per heavy atom. The Morgan fingerprint density at radius 2 is 2.05 bits per heavy atom. The fourth-order valence-corrected chi connectivity index (χ4v) is 2.44. The Balaban J connectivity index is 1.94. The minimum absolute atomic E-state index is 0.00928. The maximum Gasteiger partial charge on any atom is 0.303 e. The van der Waals surface area contributed by atoms with Gasteiger partial charge >= 0.3 is 5.97 Å². The van der Waals surface area contributed by atoms with E-state index < -0.39 is 5.97 Å². The second kappa shape index (κ2) is 5.82. The maximum atomic E-state index is 12.3. The van der Waals surface area contributed by atoms with Crippen LogP contribution in [0, 0.1) is 12.8 Å². The van der Waals surface area contributed by atoms with E-state index in [4.69, 9.17) is 5.11 Å². The maximum absolute atomic E-state index is 12.3. The molecule has 2 heterocycles. The molecule has 0 aliphatic carbocycles. The Bertz CT molecular complexity index is 479. The number of amides is 1. The topological polar surface area (TPSA) is 70.5 Å². The molecule has 1 saturated heterocycles. The molecule has 0 spiro atoms. The Hall–Kier alpha value is -1.91. The first-order valence-electron chi connectivity index (χ1n) is 6.49. The zero-order valence-corrected chi connectivity index (χ0v) is 11.0. The van der Waals surface area contributed by atoms with Crippen LogP contribution in [0.25, 0.3) is 0 Å². The van der Waals surface area contributed by atoms with E-state index in [2.05, 4.69) is 4.98 Å². The summed E-state index contributed by atoms with van der Waals surface area (Å²) in [6.45, 7) is 3.16. The van der Waals surface area contributed by atoms with Gasteiger partial charge in [0.05, 0.1) is 5.56 Å². The number of hydrogen-bond donors (Lipinski definition) is 1. The minimum atomic E-state index is -0.757. The lowest BCUT2D eigenvalue weighted by molar-refractivity contribution is -0.138. The van der Waals surface area contributed by atoms with Crippen LogP contribution < -0.4 is 0 Å². The molecule has 1 aliphatic heterocycles. The van der Waals surface area contributed by atoms with Crippen molar-refractivity contribution in [1.82, 2.24) is 9.88 Å². The van der Waals surface area contributed by atoms with E-state index >= 15 is 0 Å². The third-order valence-electron chi connectivity index (χ3n) is 3.49. The molecule has 1 N–H and O–H groups in total. The molecule has 5 nitrogen and oxygen atoms in total. The third kappa shape index (κ3) is 3.53. The van der Waals surface area contributed by atoms with Gasteiger partial charge in [0.2, 0.25) is 0 Å². The summed E-state index contributed by atoms with van der Waals surface area (Å²) in [6, 6.07) is 1.83. The highest BCUT2D eigenvalue weighted by Crippen LogP contribution is 2.21. The van der Waals surface area contributed by atoms with Crippen LogP contribution in [-0.2, 0) is 4.79 Å². The molecule has 1 aliphatic rings. The van der Waals surface area contributed by atoms with Gasteiger partial charge in [0.25, 0.3) is 5.91 Å². The lowest BCUT2D eigenvalue weighted by Crippen LogP contribution is -2.39. The highest BCUT2D eigenvalue weighted by atomic mass is 16.4. The van der Waals surface area contributed by atoms with Gasteiger partial charge in [-0.15, -0.1) is 0 Å². The minimum Gasteiger partial charge on any atom is -0.481 e. The molecule has 102 valence electrons. The Morgan fingerprint density at radius 1 is 1.37 bits per heavy atom. The number of pyridine rings is 1. The zero-order valence-electron chi connectivity index (χ0n) is 11.0. The predicted molar refractivity (Wildman–Crippen MR) is 69.9 cm³/mol. The van der Waals surface area contributed by atoms with Crippen molar-refractivity contribution in [3.63, 3.8) is 0 Å². The average molecular weight is 262 g/mol. The van der Waals surface area contributed by atoms with Gasteiger partial charge in [-0.2, -0.15) is 0 Å². The normalized spacial score (nSPS) is 16.4. The van der Waals surface area contributed by atoms with Crippen LogP contribution in [0.2, 0.25) is 0 Å². The van der Waals surface area contributed by atoms with Crippen LogP contribution in [0.4, 0.5) is 0 Å². The number of aryl methyl sites for hydroxylation is 1. The van der Waals surface area contributed by atoms with Crippen LogP contribution >= 0.6 is 0 Å². The van der Waals surface area contributed by atoms with Gasteiger partial charge < -0.3 is 10.0 Å². The number of carbonyl (C=O) groups is 2. The van der Waals surface area contributed by atoms with Crippen molar-refractivity contribution >= 4 is 11.9 Å². The van der Waals surface area contributed by atoms with Crippen molar-refractivity contribution < 1.29 is 14.7 Å². The number of hydrogen-bond acceptors (Lipinski definition) is 3. The smallest absolute Gasteiger partial charge is 0.303 e. The zero-order chi connectivity index (χ0) is 13.8. The van der Waals surface area contributed by atoms with E-state index in [1.165, 1.54) is 0 Å². The third-order valence-corrected chi connectivity index (χ3v) is 3.49. The largest absolute Gasteiger partial charge is 0.481 e. The number of carbonyl (C=O) groups excluding carboxylic acids is 1. The molecule has 19 heavy (non-hydrogen) atoms. The summed E-state index contributed by atoms with van der Waals surface area (Å²) in [4.78, 5) is 28.7. The van der Waals surface area contributed by atoms with Gasteiger partial charge in [0, 0.05) is 31.9 Å². The summed E-state index contributed by atoms with van der Waals surface area (Å²) in [5, 5.41) is 8.76. The average Bonchev–Trinajstić information content (AvgIpc) is 2.38. The highest BCUT2D eigenvalue weighted by molar-refractivity contribution is 5.94. The van der Waals surface area contributed by atoms with Crippen molar-refractivity contribution in [2.24, 2.45) is 5.92 Å². The molecule has 1 fully saturated rings. The molecule has 1 aromatic heterocycles. The lowest BCUT2D eigenvalue weighted by Gasteiger charge is -2.31. The van der Waals surface area contributed by atoms with Crippen LogP contribution in [0.1, 0.15) is 35.2 Å². The molecule has 0 atom stereocenters. The molecule has 2 rings (SSSR count). The van der Waals surface area contributed by atoms with E-state index in [0.29, 0.717) is 18.7 Å². The van der Waals surface area contributed by atoms with Gasteiger partial charge in [0.1, 0.15) is 0 Å². The fourth-order valence-electron chi connectivity index (χ4n) is 2.44. The molecular formula is C14H18N2O3. The van der Waals surface area contributed by atoms with Crippen LogP contribution in [-0.4, -0.2) is 40.0 Å². The predicted octanol–water partition coefficient (Wildman–Crippen LogP) is 1.72. The van der Waals surface area contributed by atoms with Crippen LogP contribution in [0.15, 0.2) is 18.5 Å². The van der Waals surface area contributed by atoms with Crippen molar-refractivity contribution in [2.75, 3.05) is 13.1 Å². The first kappa shape index (κ1) is 13.5. The van der Waals surface area contributed by atoms with Crippen molar-refractivity contribution in [1.29, 1.82) is 0 Å². The first-order chi connectivity index (χ1) is 9.06. The molecule has 1 aromatic rings. The summed E-state index contributed by atoms with van der Waals surface area (Å²) in [6.07, 6.45) is 5.02. The number of aromatic nitrogens is 1. The quantitative estimate of drug-likeness (QED) is 0.900. The van der Waals surface area contributed by atoms with Crippen molar-refractivity contribution in [2.45, 2.75) is 26.2 Å². The lowest BCUT2D eigenvalue weighted by atomic mass is 9.93. The second-order valence-electron chi connectivity index (χ2n) is 5.08. The molecular weight excluding hydrogens is 244 g/mol. The first-order valence-corrected chi connectivity index (χ1v) is 6.49. The van der Waals surface area contributed by atoms with E-state index in [1.54, 1.807) is 17.3 Å². The van der Waals surface area contributed by atoms with Gasteiger partial charge in [-0.1, -0.05) is 0 Å². The van der Waals surface area contributed by atoms with Crippen LogP contribution in [0.5, 0.6) is 0 Å². The molecule has 5 heteroatoms. The number of likely N-dealkylation sites (tertiary alicyclic amines) is 1. The van der Waals surface area contributed by atoms with E-state index in [0.717, 1.165) is 18.4 Å². The standard InChI is InChI=1S/C14H18N2O3/c1-10-6-12(9-15-8-10)14(19)16-4-2-11(3-5-16)7-13(17)18/h6,8-9,11H,2-5,7H2,1H3,(H,17,18). The van der Waals surface area contributed by atoms with E-state index in [1.807, 2.05) is 13.0 Å². The highest BCUT2D eigenvalue weighted by Gasteiger charge is 2.25. The van der Waals surface area contributed by atoms with Gasteiger partial charge in [-0.25, -0.2) is 0 Å². The summed E-state index contributed by atoms with van der Waals surface area (Å²) < 4.78 is 0. The molecule has 0 bridgehead atoms. The number of aliphatic carboxylic acids is 1. The molecule has 0 saturated carbocycles. The number of piperidine rings is 1. The molecule has 0 unspecified atom stereocenters. The number of rotatable bonds is 3. The van der Waals surface area contributed by atoms with Gasteiger partial charge in [-0.3, -0.25) is 14.6 Å². The summed E-state index contributed by atoms with van der Waals surface area (Å²) in [5.74, 6) is -0.574. The van der Waals surface area contributed by atoms with Crippen molar-refractivity contribution in [3.8, 4) is 0 Å². The summed E-state index contributed by atoms with van der Waals surface area (Å²) in [7, 11) is 0. The van der Waals surface area contributed by atoms with Crippen molar-refractivity contribution in [3.05, 3.63) is 29.6 Å².